The number of anilines is 1. The number of aryl methyl sites for hydroxylation is 2. The lowest BCUT2D eigenvalue weighted by Gasteiger charge is -2.11. The van der Waals surface area contributed by atoms with Crippen molar-refractivity contribution in [1.82, 2.24) is 19.5 Å². The molecule has 5 rings (SSSR count). The van der Waals surface area contributed by atoms with E-state index in [1.54, 1.807) is 36.7 Å². The fraction of sp³-hybridized carbons (Fsp3) is 0.0909. The van der Waals surface area contributed by atoms with Crippen LogP contribution in [0.4, 0.5) is 10.2 Å². The molecule has 5 aromatic rings. The van der Waals surface area contributed by atoms with Gasteiger partial charge in [-0.05, 0) is 29.8 Å². The largest absolute Gasteiger partial charge is 0.460 e. The summed E-state index contributed by atoms with van der Waals surface area (Å²) >= 11 is 0. The molecule has 0 atom stereocenters. The molecule has 0 saturated heterocycles. The summed E-state index contributed by atoms with van der Waals surface area (Å²) in [6, 6.07) is 12.9. The molecule has 3 aromatic heterocycles. The third-order valence-corrected chi connectivity index (χ3v) is 5.01. The van der Waals surface area contributed by atoms with Gasteiger partial charge < -0.3 is 14.7 Å². The molecule has 0 unspecified atom stereocenters. The van der Waals surface area contributed by atoms with Crippen LogP contribution >= 0.6 is 0 Å². The lowest BCUT2D eigenvalue weighted by molar-refractivity contribution is 0.516. The maximum Gasteiger partial charge on any atom is 0.200 e. The molecule has 30 heavy (non-hydrogen) atoms. The molecule has 0 fully saturated rings. The zero-order valence-electron chi connectivity index (χ0n) is 15.7. The van der Waals surface area contributed by atoms with Crippen molar-refractivity contribution in [2.75, 3.05) is 5.73 Å². The first-order valence-electron chi connectivity index (χ1n) is 9.34. The van der Waals surface area contributed by atoms with Gasteiger partial charge in [-0.3, -0.25) is 4.79 Å². The van der Waals surface area contributed by atoms with Crippen molar-refractivity contribution in [3.63, 3.8) is 0 Å². The van der Waals surface area contributed by atoms with E-state index in [0.717, 1.165) is 0 Å². The molecule has 0 bridgehead atoms. The van der Waals surface area contributed by atoms with Crippen LogP contribution in [0.5, 0.6) is 0 Å². The van der Waals surface area contributed by atoms with Crippen LogP contribution in [-0.2, 0) is 13.0 Å². The Balaban J connectivity index is 1.62. The normalized spacial score (nSPS) is 11.4. The number of nitrogen functional groups attached to an aromatic ring is 1. The number of halogens is 1. The monoisotopic (exact) mass is 401 g/mol. The van der Waals surface area contributed by atoms with Crippen LogP contribution < -0.4 is 11.2 Å². The molecule has 3 heterocycles. The van der Waals surface area contributed by atoms with E-state index in [0.29, 0.717) is 57.8 Å². The number of aromatic nitrogens is 4. The van der Waals surface area contributed by atoms with Gasteiger partial charge in [0.15, 0.2) is 11.5 Å². The summed E-state index contributed by atoms with van der Waals surface area (Å²) in [7, 11) is 0. The highest BCUT2D eigenvalue weighted by Gasteiger charge is 2.17. The lowest BCUT2D eigenvalue weighted by Crippen LogP contribution is -2.11. The number of fused-ring (bicyclic) bond motifs is 2. The second-order valence-corrected chi connectivity index (χ2v) is 6.85. The summed E-state index contributed by atoms with van der Waals surface area (Å²) in [5.41, 5.74) is 8.36. The van der Waals surface area contributed by atoms with Crippen LogP contribution in [0.25, 0.3) is 33.3 Å². The predicted molar refractivity (Wildman–Crippen MR) is 111 cm³/mol. The number of imidazole rings is 1. The molecule has 2 aromatic carbocycles. The fourth-order valence-electron chi connectivity index (χ4n) is 3.56. The summed E-state index contributed by atoms with van der Waals surface area (Å²) in [4.78, 5) is 25.7. The summed E-state index contributed by atoms with van der Waals surface area (Å²) in [5, 5.41) is 0.481. The van der Waals surface area contributed by atoms with Crippen LogP contribution in [0, 0.1) is 5.82 Å². The van der Waals surface area contributed by atoms with Crippen LogP contribution in [0.2, 0.25) is 0 Å². The minimum absolute atomic E-state index is 0.152. The van der Waals surface area contributed by atoms with Gasteiger partial charge in [-0.2, -0.15) is 0 Å². The van der Waals surface area contributed by atoms with Crippen molar-refractivity contribution in [1.29, 1.82) is 0 Å². The summed E-state index contributed by atoms with van der Waals surface area (Å²) < 4.78 is 21.4. The molecular weight excluding hydrogens is 385 g/mol. The van der Waals surface area contributed by atoms with Crippen LogP contribution in [-0.4, -0.2) is 19.5 Å². The first-order chi connectivity index (χ1) is 14.6. The number of hydrogen-bond donors (Lipinski definition) is 1. The fourth-order valence-corrected chi connectivity index (χ4v) is 3.56. The van der Waals surface area contributed by atoms with Gasteiger partial charge in [0, 0.05) is 13.0 Å². The zero-order chi connectivity index (χ0) is 20.7. The maximum atomic E-state index is 13.4. The molecular formula is C22H16FN5O2. The molecule has 0 aliphatic heterocycles. The molecule has 8 heteroatoms. The smallest absolute Gasteiger partial charge is 0.200 e. The Bertz CT molecular complexity index is 1440. The lowest BCUT2D eigenvalue weighted by atomic mass is 10.0. The average molecular weight is 401 g/mol. The van der Waals surface area contributed by atoms with Gasteiger partial charge >= 0.3 is 0 Å². The quantitative estimate of drug-likeness (QED) is 0.494. The van der Waals surface area contributed by atoms with E-state index in [4.69, 9.17) is 10.2 Å². The Kier molecular flexibility index (Phi) is 4.24. The molecule has 0 radical (unpaired) electrons. The number of para-hydroxylation sites is 1. The van der Waals surface area contributed by atoms with E-state index in [-0.39, 0.29) is 11.2 Å². The first-order valence-corrected chi connectivity index (χ1v) is 9.34. The number of hydrogen-bond acceptors (Lipinski definition) is 6. The van der Waals surface area contributed by atoms with E-state index in [1.165, 1.54) is 18.5 Å². The maximum absolute atomic E-state index is 13.4. The van der Waals surface area contributed by atoms with Gasteiger partial charge in [0.2, 0.25) is 5.43 Å². The highest BCUT2D eigenvalue weighted by Crippen LogP contribution is 2.26. The molecule has 0 amide bonds. The van der Waals surface area contributed by atoms with Crippen LogP contribution in [0.3, 0.4) is 0 Å². The molecule has 0 spiro atoms. The molecule has 148 valence electrons. The molecule has 0 aliphatic rings. The Hall–Kier alpha value is -4.07. The molecule has 7 nitrogen and oxygen atoms in total. The van der Waals surface area contributed by atoms with E-state index in [9.17, 15) is 9.18 Å². The van der Waals surface area contributed by atoms with Crippen molar-refractivity contribution in [2.24, 2.45) is 0 Å². The number of nitrogens with two attached hydrogens (primary N) is 1. The van der Waals surface area contributed by atoms with Crippen molar-refractivity contribution >= 4 is 28.0 Å². The predicted octanol–water partition coefficient (Wildman–Crippen LogP) is 3.56. The van der Waals surface area contributed by atoms with Gasteiger partial charge in [0.25, 0.3) is 0 Å². The SMILES string of the molecule is Nc1ncnc2c1ncn2CCc1oc2ccccc2c(=O)c1-c1ccc(F)cc1. The molecule has 2 N–H and O–H groups in total. The van der Waals surface area contributed by atoms with E-state index in [2.05, 4.69) is 15.0 Å². The van der Waals surface area contributed by atoms with Gasteiger partial charge in [-0.1, -0.05) is 24.3 Å². The van der Waals surface area contributed by atoms with Crippen molar-refractivity contribution in [2.45, 2.75) is 13.0 Å². The second-order valence-electron chi connectivity index (χ2n) is 6.85. The summed E-state index contributed by atoms with van der Waals surface area (Å²) in [6.45, 7) is 0.461. The zero-order valence-corrected chi connectivity index (χ0v) is 15.7. The Morgan fingerprint density at radius 3 is 2.67 bits per heavy atom. The third-order valence-electron chi connectivity index (χ3n) is 5.01. The summed E-state index contributed by atoms with van der Waals surface area (Å²) in [6.07, 6.45) is 3.42. The van der Waals surface area contributed by atoms with E-state index >= 15 is 0 Å². The van der Waals surface area contributed by atoms with Crippen molar-refractivity contribution in [3.05, 3.63) is 83.0 Å². The molecule has 0 saturated carbocycles. The number of rotatable bonds is 4. The van der Waals surface area contributed by atoms with Gasteiger partial charge in [-0.15, -0.1) is 0 Å². The Morgan fingerprint density at radius 2 is 1.83 bits per heavy atom. The van der Waals surface area contributed by atoms with Crippen LogP contribution in [0.1, 0.15) is 5.76 Å². The summed E-state index contributed by atoms with van der Waals surface area (Å²) in [5.74, 6) is 0.449. The number of nitrogens with zero attached hydrogens (tertiary/aromatic N) is 4. The topological polar surface area (TPSA) is 99.8 Å². The van der Waals surface area contributed by atoms with E-state index in [1.807, 2.05) is 10.6 Å². The first kappa shape index (κ1) is 18.0. The molecule has 0 aliphatic carbocycles. The van der Waals surface area contributed by atoms with Crippen molar-refractivity contribution in [3.8, 4) is 11.1 Å². The Labute approximate surface area is 169 Å². The minimum Gasteiger partial charge on any atom is -0.460 e. The third kappa shape index (κ3) is 2.98. The minimum atomic E-state index is -0.368. The average Bonchev–Trinajstić information content (AvgIpc) is 3.18. The second kappa shape index (κ2) is 7.07. The standard InChI is InChI=1S/C22H16FN5O2/c23-14-7-5-13(6-8-14)18-17(30-16-4-2-1-3-15(16)20(18)29)9-10-28-12-27-19-21(24)25-11-26-22(19)28/h1-8,11-12H,9-10H2,(H2,24,25,26). The van der Waals surface area contributed by atoms with Gasteiger partial charge in [-0.25, -0.2) is 19.3 Å². The Morgan fingerprint density at radius 1 is 1.03 bits per heavy atom. The van der Waals surface area contributed by atoms with E-state index < -0.39 is 0 Å². The van der Waals surface area contributed by atoms with Gasteiger partial charge in [0.05, 0.1) is 17.3 Å². The van der Waals surface area contributed by atoms with Gasteiger partial charge in [0.1, 0.15) is 29.0 Å². The van der Waals surface area contributed by atoms with Crippen LogP contribution in [0.15, 0.2) is 70.4 Å². The van der Waals surface area contributed by atoms with Crippen molar-refractivity contribution < 1.29 is 8.81 Å². The highest BCUT2D eigenvalue weighted by atomic mass is 19.1. The highest BCUT2D eigenvalue weighted by molar-refractivity contribution is 5.83. The number of benzene rings is 2.